The van der Waals surface area contributed by atoms with Gasteiger partial charge in [0.1, 0.15) is 0 Å². The van der Waals surface area contributed by atoms with Crippen LogP contribution in [0.1, 0.15) is 18.0 Å². The smallest absolute Gasteiger partial charge is 0.0471 e. The summed E-state index contributed by atoms with van der Waals surface area (Å²) in [4.78, 5) is 2.55. The van der Waals surface area contributed by atoms with Crippen LogP contribution in [0.4, 0.5) is 0 Å². The van der Waals surface area contributed by atoms with E-state index in [2.05, 4.69) is 63.5 Å². The van der Waals surface area contributed by atoms with Gasteiger partial charge in [0, 0.05) is 28.5 Å². The van der Waals surface area contributed by atoms with Crippen molar-refractivity contribution in [3.63, 3.8) is 0 Å². The summed E-state index contributed by atoms with van der Waals surface area (Å²) in [6.45, 7) is 3.06. The molecule has 1 atom stereocenters. The molecule has 1 aromatic rings. The van der Waals surface area contributed by atoms with E-state index in [1.165, 1.54) is 33.6 Å². The molecule has 1 unspecified atom stereocenters. The third-order valence-corrected chi connectivity index (χ3v) is 4.87. The van der Waals surface area contributed by atoms with Gasteiger partial charge in [0.2, 0.25) is 0 Å². The van der Waals surface area contributed by atoms with E-state index in [4.69, 9.17) is 5.73 Å². The minimum absolute atomic E-state index is 0.392. The second-order valence-electron chi connectivity index (χ2n) is 4.31. The van der Waals surface area contributed by atoms with Gasteiger partial charge in [-0.15, -0.1) is 0 Å². The summed E-state index contributed by atoms with van der Waals surface area (Å²) in [6.07, 6.45) is 1.28. The molecule has 1 heterocycles. The Bertz CT molecular complexity index is 351. The molecule has 0 bridgehead atoms. The largest absolute Gasteiger partial charge is 0.329 e. The lowest BCUT2D eigenvalue weighted by Crippen LogP contribution is -2.35. The topological polar surface area (TPSA) is 29.3 Å². The summed E-state index contributed by atoms with van der Waals surface area (Å²) in [7, 11) is 0. The van der Waals surface area contributed by atoms with Gasteiger partial charge in [-0.3, -0.25) is 4.90 Å². The summed E-state index contributed by atoms with van der Waals surface area (Å²) in [6, 6.07) is 9.12. The van der Waals surface area contributed by atoms with Crippen LogP contribution in [0, 0.1) is 3.57 Å². The third-order valence-electron chi connectivity index (χ3n) is 3.15. The van der Waals surface area contributed by atoms with E-state index >= 15 is 0 Å². The predicted octanol–water partition coefficient (Wildman–Crippen LogP) is 2.73. The second-order valence-corrected chi connectivity index (χ2v) is 6.78. The van der Waals surface area contributed by atoms with Gasteiger partial charge in [-0.2, -0.15) is 11.8 Å². The van der Waals surface area contributed by atoms with E-state index in [1.807, 2.05) is 0 Å². The van der Waals surface area contributed by atoms with Crippen molar-refractivity contribution in [3.8, 4) is 0 Å². The molecule has 1 aromatic carbocycles. The maximum Gasteiger partial charge on any atom is 0.0471 e. The van der Waals surface area contributed by atoms with Gasteiger partial charge in [0.05, 0.1) is 0 Å². The van der Waals surface area contributed by atoms with Crippen molar-refractivity contribution < 1.29 is 0 Å². The highest BCUT2D eigenvalue weighted by atomic mass is 127. The summed E-state index contributed by atoms with van der Waals surface area (Å²) < 4.78 is 1.29. The Balaban J connectivity index is 2.14. The van der Waals surface area contributed by atoms with Crippen molar-refractivity contribution in [3.05, 3.63) is 33.4 Å². The van der Waals surface area contributed by atoms with Gasteiger partial charge < -0.3 is 5.73 Å². The maximum atomic E-state index is 5.99. The third kappa shape index (κ3) is 3.84. The first-order chi connectivity index (χ1) is 8.31. The van der Waals surface area contributed by atoms with Crippen molar-refractivity contribution in [2.75, 3.05) is 31.1 Å². The van der Waals surface area contributed by atoms with E-state index in [0.29, 0.717) is 12.6 Å². The number of nitrogens with two attached hydrogens (primary N) is 1. The minimum atomic E-state index is 0.392. The van der Waals surface area contributed by atoms with Gasteiger partial charge in [0.25, 0.3) is 0 Å². The molecular weight excluding hydrogens is 343 g/mol. The predicted molar refractivity (Wildman–Crippen MR) is 84.5 cm³/mol. The van der Waals surface area contributed by atoms with Gasteiger partial charge in [-0.25, -0.2) is 0 Å². The summed E-state index contributed by atoms with van der Waals surface area (Å²) in [5, 5.41) is 0. The van der Waals surface area contributed by atoms with Crippen molar-refractivity contribution in [1.82, 2.24) is 4.90 Å². The number of hydrogen-bond acceptors (Lipinski definition) is 3. The van der Waals surface area contributed by atoms with Gasteiger partial charge in [-0.05, 0) is 59.0 Å². The molecule has 2 nitrogen and oxygen atoms in total. The van der Waals surface area contributed by atoms with E-state index in [9.17, 15) is 0 Å². The van der Waals surface area contributed by atoms with Gasteiger partial charge in [0.15, 0.2) is 0 Å². The lowest BCUT2D eigenvalue weighted by Gasteiger charge is -2.29. The first kappa shape index (κ1) is 13.6. The fraction of sp³-hybridized carbons (Fsp3) is 0.538. The Hall–Kier alpha value is 0.220. The molecule has 1 aliphatic rings. The lowest BCUT2D eigenvalue weighted by atomic mass is 10.1. The minimum Gasteiger partial charge on any atom is -0.329 e. The Labute approximate surface area is 121 Å². The number of halogens is 1. The van der Waals surface area contributed by atoms with Crippen LogP contribution < -0.4 is 5.73 Å². The zero-order chi connectivity index (χ0) is 12.1. The van der Waals surface area contributed by atoms with E-state index in [0.717, 1.165) is 6.54 Å². The standard InChI is InChI=1S/C13H19IN2S/c14-12-4-1-3-11(9-12)13(10-15)16-5-2-7-17-8-6-16/h1,3-4,9,13H,2,5-8,10,15H2. The Morgan fingerprint density at radius 2 is 2.24 bits per heavy atom. The first-order valence-electron chi connectivity index (χ1n) is 6.08. The molecule has 0 saturated carbocycles. The van der Waals surface area contributed by atoms with Crippen LogP contribution in [0.25, 0.3) is 0 Å². The SMILES string of the molecule is NCC(c1cccc(I)c1)N1CCCSCC1. The fourth-order valence-corrected chi connectivity index (χ4v) is 3.76. The quantitative estimate of drug-likeness (QED) is 0.839. The summed E-state index contributed by atoms with van der Waals surface area (Å²) in [5.74, 6) is 2.53. The van der Waals surface area contributed by atoms with E-state index in [1.54, 1.807) is 0 Å². The molecule has 0 aromatic heterocycles. The Morgan fingerprint density at radius 1 is 1.35 bits per heavy atom. The molecule has 1 aliphatic heterocycles. The van der Waals surface area contributed by atoms with Crippen LogP contribution in [0.2, 0.25) is 0 Å². The van der Waals surface area contributed by atoms with Crippen LogP contribution in [-0.4, -0.2) is 36.0 Å². The molecule has 94 valence electrons. The molecule has 4 heteroatoms. The Kier molecular flexibility index (Phi) is 5.59. The highest BCUT2D eigenvalue weighted by Gasteiger charge is 2.20. The average molecular weight is 362 g/mol. The molecule has 1 fully saturated rings. The number of nitrogens with zero attached hydrogens (tertiary/aromatic N) is 1. The average Bonchev–Trinajstić information content (AvgIpc) is 2.59. The number of thioether (sulfide) groups is 1. The van der Waals surface area contributed by atoms with Crippen molar-refractivity contribution in [2.45, 2.75) is 12.5 Å². The zero-order valence-electron chi connectivity index (χ0n) is 9.94. The zero-order valence-corrected chi connectivity index (χ0v) is 12.9. The van der Waals surface area contributed by atoms with Crippen molar-refractivity contribution >= 4 is 34.4 Å². The highest BCUT2D eigenvalue weighted by Crippen LogP contribution is 2.24. The molecule has 2 rings (SSSR count). The number of benzene rings is 1. The van der Waals surface area contributed by atoms with Crippen LogP contribution in [-0.2, 0) is 0 Å². The maximum absolute atomic E-state index is 5.99. The number of rotatable bonds is 3. The Morgan fingerprint density at radius 3 is 3.00 bits per heavy atom. The molecule has 0 radical (unpaired) electrons. The lowest BCUT2D eigenvalue weighted by molar-refractivity contribution is 0.218. The first-order valence-corrected chi connectivity index (χ1v) is 8.32. The van der Waals surface area contributed by atoms with Crippen LogP contribution >= 0.6 is 34.4 Å². The van der Waals surface area contributed by atoms with Crippen molar-refractivity contribution in [1.29, 1.82) is 0 Å². The molecular formula is C13H19IN2S. The van der Waals surface area contributed by atoms with Crippen LogP contribution in [0.3, 0.4) is 0 Å². The van der Waals surface area contributed by atoms with Gasteiger partial charge in [-0.1, -0.05) is 12.1 Å². The monoisotopic (exact) mass is 362 g/mol. The van der Waals surface area contributed by atoms with Crippen LogP contribution in [0.15, 0.2) is 24.3 Å². The summed E-state index contributed by atoms with van der Waals surface area (Å²) in [5.41, 5.74) is 7.35. The van der Waals surface area contributed by atoms with Crippen LogP contribution in [0.5, 0.6) is 0 Å². The molecule has 1 saturated heterocycles. The van der Waals surface area contributed by atoms with E-state index in [-0.39, 0.29) is 0 Å². The van der Waals surface area contributed by atoms with Gasteiger partial charge >= 0.3 is 0 Å². The van der Waals surface area contributed by atoms with Crippen molar-refractivity contribution in [2.24, 2.45) is 5.73 Å². The highest BCUT2D eigenvalue weighted by molar-refractivity contribution is 14.1. The number of hydrogen-bond donors (Lipinski definition) is 1. The fourth-order valence-electron chi connectivity index (χ4n) is 2.29. The normalized spacial score (nSPS) is 19.9. The molecule has 0 amide bonds. The molecule has 0 aliphatic carbocycles. The second kappa shape index (κ2) is 6.97. The van der Waals surface area contributed by atoms with E-state index < -0.39 is 0 Å². The molecule has 2 N–H and O–H groups in total. The molecule has 17 heavy (non-hydrogen) atoms. The summed E-state index contributed by atoms with van der Waals surface area (Å²) >= 11 is 4.43. The molecule has 0 spiro atoms.